The van der Waals surface area contributed by atoms with E-state index in [0.717, 1.165) is 32.5 Å². The first-order chi connectivity index (χ1) is 9.35. The standard InChI is InChI=1S/C15H29N3O2.2ClH/c1-5-18(4)9-8-17-13(19)15(16)11-7-6-10-20-12(11)14(15,2)3;;/h11-12H,5-10,16H2,1-4H3,(H,17,19);2*1H. The Bertz CT molecular complexity index is 382. The zero-order valence-corrected chi connectivity index (χ0v) is 15.7. The van der Waals surface area contributed by atoms with Gasteiger partial charge in [0.1, 0.15) is 5.54 Å². The van der Waals surface area contributed by atoms with Crippen LogP contribution >= 0.6 is 24.8 Å². The summed E-state index contributed by atoms with van der Waals surface area (Å²) in [5.74, 6) is 0.147. The third-order valence-corrected chi connectivity index (χ3v) is 5.38. The van der Waals surface area contributed by atoms with Gasteiger partial charge in [-0.3, -0.25) is 4.79 Å². The van der Waals surface area contributed by atoms with E-state index in [1.807, 2.05) is 7.05 Å². The van der Waals surface area contributed by atoms with E-state index in [1.54, 1.807) is 0 Å². The van der Waals surface area contributed by atoms with Crippen LogP contribution in [0.1, 0.15) is 33.6 Å². The van der Waals surface area contributed by atoms with E-state index >= 15 is 0 Å². The fourth-order valence-electron chi connectivity index (χ4n) is 3.70. The maximum atomic E-state index is 12.6. The number of carbonyl (C=O) groups is 1. The summed E-state index contributed by atoms with van der Waals surface area (Å²) in [5, 5.41) is 3.02. The highest BCUT2D eigenvalue weighted by atomic mass is 35.5. The lowest BCUT2D eigenvalue weighted by atomic mass is 9.46. The van der Waals surface area contributed by atoms with Crippen molar-refractivity contribution < 1.29 is 9.53 Å². The molecule has 22 heavy (non-hydrogen) atoms. The molecule has 0 bridgehead atoms. The molecule has 1 saturated carbocycles. The summed E-state index contributed by atoms with van der Waals surface area (Å²) in [6, 6.07) is 0. The molecule has 0 radical (unpaired) electrons. The van der Waals surface area contributed by atoms with Crippen molar-refractivity contribution in [1.82, 2.24) is 10.2 Å². The summed E-state index contributed by atoms with van der Waals surface area (Å²) in [7, 11) is 2.04. The number of ether oxygens (including phenoxy) is 1. The molecule has 5 nitrogen and oxygen atoms in total. The fraction of sp³-hybridized carbons (Fsp3) is 0.933. The second kappa shape index (κ2) is 8.15. The molecule has 2 fully saturated rings. The minimum absolute atomic E-state index is 0. The third-order valence-electron chi connectivity index (χ3n) is 5.38. The van der Waals surface area contributed by atoms with Crippen molar-refractivity contribution in [1.29, 1.82) is 0 Å². The van der Waals surface area contributed by atoms with Gasteiger partial charge in [0.05, 0.1) is 6.10 Å². The molecular weight excluding hydrogens is 325 g/mol. The number of fused-ring (bicyclic) bond motifs is 1. The molecule has 132 valence electrons. The van der Waals surface area contributed by atoms with Gasteiger partial charge in [0.2, 0.25) is 5.91 Å². The van der Waals surface area contributed by atoms with Crippen LogP contribution in [0.15, 0.2) is 0 Å². The summed E-state index contributed by atoms with van der Waals surface area (Å²) in [5.41, 5.74) is 5.44. The largest absolute Gasteiger partial charge is 0.377 e. The van der Waals surface area contributed by atoms with Crippen molar-refractivity contribution >= 4 is 30.7 Å². The van der Waals surface area contributed by atoms with E-state index in [1.165, 1.54) is 0 Å². The molecule has 1 amide bonds. The zero-order valence-electron chi connectivity index (χ0n) is 14.1. The SMILES string of the molecule is CCN(C)CCNC(=O)C1(N)C2CCCOC2C1(C)C.Cl.Cl. The predicted molar refractivity (Wildman–Crippen MR) is 93.8 cm³/mol. The molecule has 1 heterocycles. The lowest BCUT2D eigenvalue weighted by Crippen LogP contribution is -2.82. The highest BCUT2D eigenvalue weighted by Crippen LogP contribution is 2.57. The molecule has 3 unspecified atom stereocenters. The Kier molecular flexibility index (Phi) is 8.13. The first-order valence-corrected chi connectivity index (χ1v) is 7.73. The van der Waals surface area contributed by atoms with Gasteiger partial charge in [0.25, 0.3) is 0 Å². The highest BCUT2D eigenvalue weighted by Gasteiger charge is 2.70. The molecule has 0 aromatic carbocycles. The van der Waals surface area contributed by atoms with E-state index in [9.17, 15) is 4.79 Å². The first-order valence-electron chi connectivity index (χ1n) is 7.73. The maximum Gasteiger partial charge on any atom is 0.241 e. The Morgan fingerprint density at radius 2 is 2.05 bits per heavy atom. The molecule has 2 aliphatic rings. The average Bonchev–Trinajstić information content (AvgIpc) is 2.45. The molecule has 0 spiro atoms. The topological polar surface area (TPSA) is 67.6 Å². The van der Waals surface area contributed by atoms with Gasteiger partial charge in [-0.05, 0) is 26.4 Å². The summed E-state index contributed by atoms with van der Waals surface area (Å²) >= 11 is 0. The van der Waals surface area contributed by atoms with Crippen LogP contribution < -0.4 is 11.1 Å². The highest BCUT2D eigenvalue weighted by molar-refractivity contribution is 5.89. The Labute approximate surface area is 146 Å². The molecule has 1 aliphatic heterocycles. The smallest absolute Gasteiger partial charge is 0.241 e. The van der Waals surface area contributed by atoms with E-state index in [-0.39, 0.29) is 48.2 Å². The minimum Gasteiger partial charge on any atom is -0.377 e. The van der Waals surface area contributed by atoms with Crippen molar-refractivity contribution in [3.05, 3.63) is 0 Å². The third kappa shape index (κ3) is 3.39. The summed E-state index contributed by atoms with van der Waals surface area (Å²) in [6.45, 7) is 9.48. The summed E-state index contributed by atoms with van der Waals surface area (Å²) < 4.78 is 5.83. The van der Waals surface area contributed by atoms with Gasteiger partial charge in [-0.25, -0.2) is 0 Å². The zero-order chi connectivity index (χ0) is 15.0. The van der Waals surface area contributed by atoms with Crippen molar-refractivity contribution in [3.63, 3.8) is 0 Å². The predicted octanol–water partition coefficient (Wildman–Crippen LogP) is 1.43. The van der Waals surface area contributed by atoms with Crippen LogP contribution in [-0.4, -0.2) is 55.7 Å². The van der Waals surface area contributed by atoms with Gasteiger partial charge in [-0.2, -0.15) is 0 Å². The Hall–Kier alpha value is -0.0700. The molecule has 1 aliphatic carbocycles. The van der Waals surface area contributed by atoms with Crippen LogP contribution in [0.4, 0.5) is 0 Å². The second-order valence-electron chi connectivity index (χ2n) is 6.78. The number of nitrogens with one attached hydrogen (secondary N) is 1. The Morgan fingerprint density at radius 3 is 2.64 bits per heavy atom. The number of hydrogen-bond acceptors (Lipinski definition) is 4. The summed E-state index contributed by atoms with van der Waals surface area (Å²) in [4.78, 5) is 14.7. The van der Waals surface area contributed by atoms with Crippen LogP contribution in [0, 0.1) is 11.3 Å². The lowest BCUT2D eigenvalue weighted by Gasteiger charge is -2.65. The molecule has 0 aromatic rings. The van der Waals surface area contributed by atoms with Crippen molar-refractivity contribution in [2.24, 2.45) is 17.1 Å². The van der Waals surface area contributed by atoms with Crippen LogP contribution in [0.3, 0.4) is 0 Å². The molecule has 1 saturated heterocycles. The van der Waals surface area contributed by atoms with Crippen LogP contribution in [0.25, 0.3) is 0 Å². The fourth-order valence-corrected chi connectivity index (χ4v) is 3.70. The van der Waals surface area contributed by atoms with Crippen molar-refractivity contribution in [2.75, 3.05) is 33.3 Å². The average molecular weight is 356 g/mol. The number of nitrogens with zero attached hydrogens (tertiary/aromatic N) is 1. The number of hydrogen-bond donors (Lipinski definition) is 2. The molecule has 3 atom stereocenters. The monoisotopic (exact) mass is 355 g/mol. The molecular formula is C15H31Cl2N3O2. The van der Waals surface area contributed by atoms with Crippen molar-refractivity contribution in [3.8, 4) is 0 Å². The summed E-state index contributed by atoms with van der Waals surface area (Å²) in [6.07, 6.45) is 2.12. The molecule has 2 rings (SSSR count). The van der Waals surface area contributed by atoms with Gasteiger partial charge in [-0.1, -0.05) is 20.8 Å². The quantitative estimate of drug-likeness (QED) is 0.782. The Morgan fingerprint density at radius 1 is 1.41 bits per heavy atom. The van der Waals surface area contributed by atoms with Gasteiger partial charge in [-0.15, -0.1) is 24.8 Å². The number of halogens is 2. The van der Waals surface area contributed by atoms with E-state index in [2.05, 4.69) is 31.0 Å². The maximum absolute atomic E-state index is 12.6. The number of rotatable bonds is 5. The van der Waals surface area contributed by atoms with Crippen LogP contribution in [0.2, 0.25) is 0 Å². The van der Waals surface area contributed by atoms with E-state index < -0.39 is 5.54 Å². The number of likely N-dealkylation sites (N-methyl/N-ethyl adjacent to an activating group) is 1. The van der Waals surface area contributed by atoms with Gasteiger partial charge >= 0.3 is 0 Å². The normalized spacial score (nSPS) is 32.1. The van der Waals surface area contributed by atoms with E-state index in [4.69, 9.17) is 10.5 Å². The molecule has 7 heteroatoms. The second-order valence-corrected chi connectivity index (χ2v) is 6.78. The lowest BCUT2D eigenvalue weighted by molar-refractivity contribution is -0.225. The first kappa shape index (κ1) is 21.9. The van der Waals surface area contributed by atoms with Crippen LogP contribution in [0.5, 0.6) is 0 Å². The van der Waals surface area contributed by atoms with Crippen LogP contribution in [-0.2, 0) is 9.53 Å². The number of amides is 1. The van der Waals surface area contributed by atoms with Crippen molar-refractivity contribution in [2.45, 2.75) is 45.3 Å². The number of carbonyl (C=O) groups excluding carboxylic acids is 1. The minimum atomic E-state index is -0.789. The Balaban J connectivity index is 0.00000220. The van der Waals surface area contributed by atoms with Gasteiger partial charge in [0, 0.05) is 31.0 Å². The van der Waals surface area contributed by atoms with E-state index in [0.29, 0.717) is 6.54 Å². The van der Waals surface area contributed by atoms with Gasteiger partial charge in [0.15, 0.2) is 0 Å². The molecule has 3 N–H and O–H groups in total. The molecule has 0 aromatic heterocycles. The number of nitrogens with two attached hydrogens (primary N) is 1. The van der Waals surface area contributed by atoms with Gasteiger partial charge < -0.3 is 20.7 Å².